The van der Waals surface area contributed by atoms with E-state index < -0.39 is 17.7 Å². The Morgan fingerprint density at radius 3 is 2.07 bits per heavy atom. The lowest BCUT2D eigenvalue weighted by Gasteiger charge is -2.35. The molecule has 0 atom stereocenters. The molecule has 1 aromatic carbocycles. The summed E-state index contributed by atoms with van der Waals surface area (Å²) in [6.45, 7) is 4.14. The summed E-state index contributed by atoms with van der Waals surface area (Å²) >= 11 is 0. The van der Waals surface area contributed by atoms with E-state index in [9.17, 15) is 13.6 Å². The number of nitrogens with one attached hydrogen (secondary N) is 1. The monoisotopic (exact) mass is 388 g/mol. The Bertz CT molecular complexity index is 833. The molecule has 2 amide bonds. The van der Waals surface area contributed by atoms with Gasteiger partial charge in [-0.2, -0.15) is 0 Å². The summed E-state index contributed by atoms with van der Waals surface area (Å²) in [6, 6.07) is 6.48. The van der Waals surface area contributed by atoms with Crippen LogP contribution in [0.4, 0.5) is 30.9 Å². The molecule has 2 saturated heterocycles. The fourth-order valence-electron chi connectivity index (χ4n) is 3.53. The Balaban J connectivity index is 1.32. The van der Waals surface area contributed by atoms with Gasteiger partial charge in [-0.25, -0.2) is 13.6 Å². The first-order chi connectivity index (χ1) is 13.6. The third kappa shape index (κ3) is 3.97. The molecule has 0 unspecified atom stereocenters. The average Bonchev–Trinajstić information content (AvgIpc) is 3.26. The van der Waals surface area contributed by atoms with Crippen molar-refractivity contribution < 1.29 is 13.6 Å². The standard InChI is InChI=1S/C19H22F2N6O/c20-14-3-4-15(21)16(13-14)22-19(28)27-11-9-26(10-12-27)18-6-5-17(23-24-18)25-7-1-2-8-25/h3-6,13H,1-2,7-12H2,(H,22,28). The first-order valence-electron chi connectivity index (χ1n) is 9.45. The maximum Gasteiger partial charge on any atom is 0.322 e. The van der Waals surface area contributed by atoms with Crippen LogP contribution in [-0.4, -0.2) is 60.4 Å². The van der Waals surface area contributed by atoms with E-state index in [1.807, 2.05) is 12.1 Å². The molecule has 28 heavy (non-hydrogen) atoms. The minimum atomic E-state index is -0.665. The number of hydrogen-bond acceptors (Lipinski definition) is 5. The van der Waals surface area contributed by atoms with Crippen molar-refractivity contribution in [1.29, 1.82) is 0 Å². The van der Waals surface area contributed by atoms with Crippen LogP contribution in [0.25, 0.3) is 0 Å². The van der Waals surface area contributed by atoms with Crippen LogP contribution in [0.15, 0.2) is 30.3 Å². The minimum Gasteiger partial charge on any atom is -0.355 e. The third-order valence-corrected chi connectivity index (χ3v) is 5.13. The normalized spacial score (nSPS) is 17.1. The highest BCUT2D eigenvalue weighted by Gasteiger charge is 2.23. The summed E-state index contributed by atoms with van der Waals surface area (Å²) in [5, 5.41) is 11.1. The number of amides is 2. The second-order valence-corrected chi connectivity index (χ2v) is 6.97. The van der Waals surface area contributed by atoms with Gasteiger partial charge < -0.3 is 20.0 Å². The van der Waals surface area contributed by atoms with Gasteiger partial charge in [0, 0.05) is 45.3 Å². The average molecular weight is 388 g/mol. The molecular weight excluding hydrogens is 366 g/mol. The Labute approximate surface area is 161 Å². The summed E-state index contributed by atoms with van der Waals surface area (Å²) in [6.07, 6.45) is 2.37. The predicted octanol–water partition coefficient (Wildman–Crippen LogP) is 2.71. The molecule has 1 N–H and O–H groups in total. The van der Waals surface area contributed by atoms with E-state index in [4.69, 9.17) is 0 Å². The van der Waals surface area contributed by atoms with E-state index in [0.29, 0.717) is 26.2 Å². The number of piperazine rings is 1. The van der Waals surface area contributed by atoms with Gasteiger partial charge >= 0.3 is 6.03 Å². The molecular formula is C19H22F2N6O. The van der Waals surface area contributed by atoms with Crippen LogP contribution in [0, 0.1) is 11.6 Å². The maximum atomic E-state index is 13.7. The molecule has 3 heterocycles. The largest absolute Gasteiger partial charge is 0.355 e. The Hall–Kier alpha value is -2.97. The van der Waals surface area contributed by atoms with Crippen LogP contribution in [0.2, 0.25) is 0 Å². The van der Waals surface area contributed by atoms with Crippen molar-refractivity contribution in [3.8, 4) is 0 Å². The number of nitrogens with zero attached hydrogens (tertiary/aromatic N) is 5. The van der Waals surface area contributed by atoms with Crippen LogP contribution in [0.3, 0.4) is 0 Å². The molecule has 1 aromatic heterocycles. The van der Waals surface area contributed by atoms with Crippen molar-refractivity contribution in [1.82, 2.24) is 15.1 Å². The van der Waals surface area contributed by atoms with Gasteiger partial charge in [-0.3, -0.25) is 0 Å². The lowest BCUT2D eigenvalue weighted by molar-refractivity contribution is 0.208. The molecule has 2 fully saturated rings. The number of rotatable bonds is 3. The highest BCUT2D eigenvalue weighted by molar-refractivity contribution is 5.89. The summed E-state index contributed by atoms with van der Waals surface area (Å²) in [7, 11) is 0. The first-order valence-corrected chi connectivity index (χ1v) is 9.45. The second-order valence-electron chi connectivity index (χ2n) is 6.97. The lowest BCUT2D eigenvalue weighted by atomic mass is 10.3. The quantitative estimate of drug-likeness (QED) is 0.876. The van der Waals surface area contributed by atoms with Gasteiger partial charge in [0.1, 0.15) is 11.6 Å². The van der Waals surface area contributed by atoms with E-state index >= 15 is 0 Å². The summed E-state index contributed by atoms with van der Waals surface area (Å²) in [5.74, 6) is 0.412. The first kappa shape index (κ1) is 18.4. The van der Waals surface area contributed by atoms with Crippen molar-refractivity contribution >= 4 is 23.4 Å². The SMILES string of the molecule is O=C(Nc1cc(F)ccc1F)N1CCN(c2ccc(N3CCCC3)nn2)CC1. The number of anilines is 3. The van der Waals surface area contributed by atoms with E-state index in [2.05, 4.69) is 25.3 Å². The smallest absolute Gasteiger partial charge is 0.322 e. The van der Waals surface area contributed by atoms with Crippen LogP contribution < -0.4 is 15.1 Å². The van der Waals surface area contributed by atoms with Gasteiger partial charge in [0.25, 0.3) is 0 Å². The number of urea groups is 1. The highest BCUT2D eigenvalue weighted by atomic mass is 19.1. The molecule has 4 rings (SSSR count). The minimum absolute atomic E-state index is 0.157. The zero-order valence-corrected chi connectivity index (χ0v) is 15.4. The molecule has 0 radical (unpaired) electrons. The van der Waals surface area contributed by atoms with E-state index in [-0.39, 0.29) is 5.69 Å². The van der Waals surface area contributed by atoms with Gasteiger partial charge in [0.2, 0.25) is 0 Å². The van der Waals surface area contributed by atoms with Gasteiger partial charge in [-0.05, 0) is 37.1 Å². The van der Waals surface area contributed by atoms with E-state index in [0.717, 1.165) is 42.9 Å². The van der Waals surface area contributed by atoms with Crippen LogP contribution in [-0.2, 0) is 0 Å². The van der Waals surface area contributed by atoms with Crippen molar-refractivity contribution in [3.63, 3.8) is 0 Å². The van der Waals surface area contributed by atoms with Crippen molar-refractivity contribution in [2.45, 2.75) is 12.8 Å². The number of carbonyl (C=O) groups excluding carboxylic acids is 1. The maximum absolute atomic E-state index is 13.7. The fourth-order valence-corrected chi connectivity index (χ4v) is 3.53. The Kier molecular flexibility index (Phi) is 5.23. The molecule has 2 aliphatic rings. The molecule has 9 heteroatoms. The number of halogens is 2. The summed E-state index contributed by atoms with van der Waals surface area (Å²) < 4.78 is 27.0. The number of benzene rings is 1. The second kappa shape index (κ2) is 7.95. The molecule has 2 aliphatic heterocycles. The number of aromatic nitrogens is 2. The van der Waals surface area contributed by atoms with Gasteiger partial charge in [-0.15, -0.1) is 10.2 Å². The Morgan fingerprint density at radius 2 is 1.46 bits per heavy atom. The molecule has 0 saturated carbocycles. The van der Waals surface area contributed by atoms with Gasteiger partial charge in [0.05, 0.1) is 5.69 Å². The van der Waals surface area contributed by atoms with Gasteiger partial charge in [-0.1, -0.05) is 0 Å². The van der Waals surface area contributed by atoms with Crippen LogP contribution in [0.1, 0.15) is 12.8 Å². The van der Waals surface area contributed by atoms with E-state index in [1.165, 1.54) is 12.8 Å². The zero-order chi connectivity index (χ0) is 19.5. The lowest BCUT2D eigenvalue weighted by Crippen LogP contribution is -2.50. The summed E-state index contributed by atoms with van der Waals surface area (Å²) in [4.78, 5) is 18.2. The summed E-state index contributed by atoms with van der Waals surface area (Å²) in [5.41, 5.74) is -0.157. The molecule has 7 nitrogen and oxygen atoms in total. The molecule has 0 aliphatic carbocycles. The van der Waals surface area contributed by atoms with Crippen LogP contribution >= 0.6 is 0 Å². The molecule has 0 bridgehead atoms. The van der Waals surface area contributed by atoms with Crippen molar-refractivity contribution in [3.05, 3.63) is 42.0 Å². The van der Waals surface area contributed by atoms with Crippen molar-refractivity contribution in [2.75, 3.05) is 54.4 Å². The van der Waals surface area contributed by atoms with Crippen LogP contribution in [0.5, 0.6) is 0 Å². The van der Waals surface area contributed by atoms with E-state index in [1.54, 1.807) is 4.90 Å². The third-order valence-electron chi connectivity index (χ3n) is 5.13. The highest BCUT2D eigenvalue weighted by Crippen LogP contribution is 2.20. The zero-order valence-electron chi connectivity index (χ0n) is 15.4. The topological polar surface area (TPSA) is 64.6 Å². The molecule has 0 spiro atoms. The molecule has 148 valence electrons. The predicted molar refractivity (Wildman–Crippen MR) is 103 cm³/mol. The number of hydrogen-bond donors (Lipinski definition) is 1. The molecule has 2 aromatic rings. The van der Waals surface area contributed by atoms with Crippen molar-refractivity contribution in [2.24, 2.45) is 0 Å². The number of carbonyl (C=O) groups is 1. The Morgan fingerprint density at radius 1 is 0.857 bits per heavy atom. The van der Waals surface area contributed by atoms with Gasteiger partial charge in [0.15, 0.2) is 11.6 Å². The fraction of sp³-hybridized carbons (Fsp3) is 0.421.